The molecule has 1 aromatic carbocycles. The number of fused-ring (bicyclic) bond motifs is 1. The van der Waals surface area contributed by atoms with E-state index in [0.717, 1.165) is 41.7 Å². The van der Waals surface area contributed by atoms with Gasteiger partial charge in [0, 0.05) is 17.6 Å². The molecular formula is C21H22N4O2S. The van der Waals surface area contributed by atoms with E-state index < -0.39 is 0 Å². The third-order valence-electron chi connectivity index (χ3n) is 5.38. The molecule has 7 heteroatoms. The van der Waals surface area contributed by atoms with Crippen LogP contribution in [0.2, 0.25) is 0 Å². The minimum Gasteiger partial charge on any atom is -0.467 e. The Morgan fingerprint density at radius 1 is 1.21 bits per heavy atom. The maximum Gasteiger partial charge on any atom is 0.237 e. The number of furan rings is 1. The van der Waals surface area contributed by atoms with Crippen LogP contribution in [0, 0.1) is 0 Å². The average Bonchev–Trinajstić information content (AvgIpc) is 3.11. The summed E-state index contributed by atoms with van der Waals surface area (Å²) in [5.74, 6) is 2.82. The lowest BCUT2D eigenvalue weighted by atomic mass is 10.1. The molecule has 1 aliphatic carbocycles. The fourth-order valence-corrected chi connectivity index (χ4v) is 4.70. The number of thioether (sulfide) groups is 1. The molecule has 3 heterocycles. The second-order valence-electron chi connectivity index (χ2n) is 7.51. The molecule has 1 fully saturated rings. The molecule has 0 radical (unpaired) electrons. The summed E-state index contributed by atoms with van der Waals surface area (Å²) in [4.78, 5) is 14.9. The summed E-state index contributed by atoms with van der Waals surface area (Å²) < 4.78 is 7.62. The number of amides is 1. The van der Waals surface area contributed by atoms with E-state index in [-0.39, 0.29) is 11.9 Å². The van der Waals surface area contributed by atoms with Crippen LogP contribution >= 0.6 is 11.8 Å². The number of rotatable bonds is 6. The Bertz CT molecular complexity index is 994. The summed E-state index contributed by atoms with van der Waals surface area (Å²) in [6, 6.07) is 12.2. The lowest BCUT2D eigenvalue weighted by molar-refractivity contribution is -0.116. The molecule has 3 aromatic rings. The number of carbonyl (C=O) groups excluding carboxylic acids is 1. The molecule has 2 aliphatic rings. The Morgan fingerprint density at radius 2 is 2.07 bits per heavy atom. The van der Waals surface area contributed by atoms with Crippen molar-refractivity contribution in [1.29, 1.82) is 0 Å². The van der Waals surface area contributed by atoms with Crippen molar-refractivity contribution in [3.05, 3.63) is 59.8 Å². The van der Waals surface area contributed by atoms with E-state index in [9.17, 15) is 4.79 Å². The third-order valence-corrected chi connectivity index (χ3v) is 6.33. The van der Waals surface area contributed by atoms with E-state index in [2.05, 4.69) is 27.8 Å². The summed E-state index contributed by atoms with van der Waals surface area (Å²) >= 11 is 1.46. The Labute approximate surface area is 167 Å². The second kappa shape index (κ2) is 7.13. The number of nitrogens with zero attached hydrogens (tertiary/aromatic N) is 4. The van der Waals surface area contributed by atoms with Crippen LogP contribution < -0.4 is 4.90 Å². The van der Waals surface area contributed by atoms with Gasteiger partial charge >= 0.3 is 0 Å². The van der Waals surface area contributed by atoms with Crippen LogP contribution in [0.1, 0.15) is 42.8 Å². The lowest BCUT2D eigenvalue weighted by Crippen LogP contribution is -2.37. The van der Waals surface area contributed by atoms with Crippen molar-refractivity contribution < 1.29 is 9.21 Å². The summed E-state index contributed by atoms with van der Waals surface area (Å²) in [6.45, 7) is 2.71. The topological polar surface area (TPSA) is 64.2 Å². The first-order valence-corrected chi connectivity index (χ1v) is 10.7. The first-order valence-electron chi connectivity index (χ1n) is 9.69. The second-order valence-corrected chi connectivity index (χ2v) is 8.46. The average molecular weight is 395 g/mol. The lowest BCUT2D eigenvalue weighted by Gasteiger charge is -2.22. The van der Waals surface area contributed by atoms with Crippen molar-refractivity contribution in [3.8, 4) is 0 Å². The van der Waals surface area contributed by atoms with E-state index in [4.69, 9.17) is 4.42 Å². The van der Waals surface area contributed by atoms with Crippen LogP contribution in [-0.4, -0.2) is 32.5 Å². The number of hydrogen-bond donors (Lipinski definition) is 0. The van der Waals surface area contributed by atoms with Crippen LogP contribution in [0.5, 0.6) is 0 Å². The van der Waals surface area contributed by atoms with Crippen molar-refractivity contribution in [2.45, 2.75) is 49.8 Å². The number of anilines is 1. The van der Waals surface area contributed by atoms with Gasteiger partial charge in [0.25, 0.3) is 0 Å². The Balaban J connectivity index is 1.33. The van der Waals surface area contributed by atoms with Crippen LogP contribution in [-0.2, 0) is 17.8 Å². The molecule has 5 rings (SSSR count). The van der Waals surface area contributed by atoms with E-state index in [1.807, 2.05) is 35.2 Å². The summed E-state index contributed by atoms with van der Waals surface area (Å²) in [5.41, 5.74) is 2.28. The Hall–Kier alpha value is -2.54. The standard InChI is InChI=1S/C21H22N4O2S/c1-14-11-16-5-2-3-7-18(16)25(14)19(26)13-28-21-23-22-20(15-8-9-15)24(21)12-17-6-4-10-27-17/h2-7,10,14-15H,8-9,11-13H2,1H3. The van der Waals surface area contributed by atoms with Gasteiger partial charge in [0.2, 0.25) is 5.91 Å². The molecular weight excluding hydrogens is 372 g/mol. The molecule has 1 aliphatic heterocycles. The van der Waals surface area contributed by atoms with Crippen LogP contribution in [0.15, 0.2) is 52.2 Å². The van der Waals surface area contributed by atoms with Crippen molar-refractivity contribution in [3.63, 3.8) is 0 Å². The summed E-state index contributed by atoms with van der Waals surface area (Å²) in [7, 11) is 0. The fraction of sp³-hybridized carbons (Fsp3) is 0.381. The first kappa shape index (κ1) is 17.6. The zero-order valence-corrected chi connectivity index (χ0v) is 16.6. The van der Waals surface area contributed by atoms with Gasteiger partial charge in [0.1, 0.15) is 11.6 Å². The SMILES string of the molecule is CC1Cc2ccccc2N1C(=O)CSc1nnc(C2CC2)n1Cc1ccco1. The Kier molecular flexibility index (Phi) is 4.47. The van der Waals surface area contributed by atoms with Crippen molar-refractivity contribution in [2.24, 2.45) is 0 Å². The fourth-order valence-electron chi connectivity index (χ4n) is 3.90. The number of para-hydroxylation sites is 1. The zero-order valence-electron chi connectivity index (χ0n) is 15.7. The van der Waals surface area contributed by atoms with Crippen LogP contribution in [0.4, 0.5) is 5.69 Å². The Morgan fingerprint density at radius 3 is 2.86 bits per heavy atom. The molecule has 0 saturated heterocycles. The van der Waals surface area contributed by atoms with Gasteiger partial charge in [-0.05, 0) is 49.9 Å². The number of carbonyl (C=O) groups is 1. The molecule has 28 heavy (non-hydrogen) atoms. The van der Waals surface area contributed by atoms with Crippen molar-refractivity contribution in [1.82, 2.24) is 14.8 Å². The molecule has 0 N–H and O–H groups in total. The molecule has 1 unspecified atom stereocenters. The summed E-state index contributed by atoms with van der Waals surface area (Å²) in [6.07, 6.45) is 4.90. The largest absolute Gasteiger partial charge is 0.467 e. The highest BCUT2D eigenvalue weighted by Crippen LogP contribution is 2.40. The molecule has 2 aromatic heterocycles. The molecule has 1 atom stereocenters. The zero-order chi connectivity index (χ0) is 19.1. The van der Waals surface area contributed by atoms with Gasteiger partial charge < -0.3 is 9.32 Å². The molecule has 144 valence electrons. The minimum absolute atomic E-state index is 0.114. The molecule has 6 nitrogen and oxygen atoms in total. The maximum absolute atomic E-state index is 13.0. The minimum atomic E-state index is 0.114. The van der Waals surface area contributed by atoms with Gasteiger partial charge in [-0.2, -0.15) is 0 Å². The van der Waals surface area contributed by atoms with Gasteiger partial charge in [-0.25, -0.2) is 0 Å². The predicted molar refractivity (Wildman–Crippen MR) is 108 cm³/mol. The summed E-state index contributed by atoms with van der Waals surface area (Å²) in [5, 5.41) is 9.58. The van der Waals surface area contributed by atoms with E-state index in [0.29, 0.717) is 18.2 Å². The smallest absolute Gasteiger partial charge is 0.237 e. The van der Waals surface area contributed by atoms with Crippen molar-refractivity contribution in [2.75, 3.05) is 10.7 Å². The van der Waals surface area contributed by atoms with Gasteiger partial charge in [-0.3, -0.25) is 9.36 Å². The molecule has 0 spiro atoms. The number of hydrogen-bond acceptors (Lipinski definition) is 5. The highest BCUT2D eigenvalue weighted by Gasteiger charge is 2.33. The van der Waals surface area contributed by atoms with Gasteiger partial charge in [0.15, 0.2) is 5.16 Å². The normalized spacial score (nSPS) is 18.5. The molecule has 1 amide bonds. The van der Waals surface area contributed by atoms with E-state index in [1.54, 1.807) is 6.26 Å². The van der Waals surface area contributed by atoms with E-state index in [1.165, 1.54) is 17.3 Å². The molecule has 1 saturated carbocycles. The van der Waals surface area contributed by atoms with Gasteiger partial charge in [0.05, 0.1) is 18.6 Å². The highest BCUT2D eigenvalue weighted by molar-refractivity contribution is 7.99. The van der Waals surface area contributed by atoms with Gasteiger partial charge in [-0.1, -0.05) is 30.0 Å². The quantitative estimate of drug-likeness (QED) is 0.594. The van der Waals surface area contributed by atoms with Crippen LogP contribution in [0.25, 0.3) is 0 Å². The maximum atomic E-state index is 13.0. The third kappa shape index (κ3) is 3.24. The molecule has 0 bridgehead atoms. The van der Waals surface area contributed by atoms with Crippen molar-refractivity contribution >= 4 is 23.4 Å². The monoisotopic (exact) mass is 394 g/mol. The number of benzene rings is 1. The highest BCUT2D eigenvalue weighted by atomic mass is 32.2. The predicted octanol–water partition coefficient (Wildman–Crippen LogP) is 3.87. The number of aromatic nitrogens is 3. The van der Waals surface area contributed by atoms with Gasteiger partial charge in [-0.15, -0.1) is 10.2 Å². The van der Waals surface area contributed by atoms with E-state index >= 15 is 0 Å². The first-order chi connectivity index (χ1) is 13.7. The van der Waals surface area contributed by atoms with Crippen LogP contribution in [0.3, 0.4) is 0 Å².